The van der Waals surface area contributed by atoms with Crippen LogP contribution < -0.4 is 0 Å². The molecule has 5 nitrogen and oxygen atoms in total. The molecule has 1 fully saturated rings. The third-order valence-electron chi connectivity index (χ3n) is 5.51. The molecule has 0 aliphatic carbocycles. The van der Waals surface area contributed by atoms with Crippen LogP contribution in [-0.2, 0) is 11.8 Å². The quantitative estimate of drug-likeness (QED) is 0.779. The molecule has 0 N–H and O–H groups in total. The van der Waals surface area contributed by atoms with Gasteiger partial charge >= 0.3 is 0 Å². The van der Waals surface area contributed by atoms with Gasteiger partial charge in [0.1, 0.15) is 5.82 Å². The third-order valence-corrected chi connectivity index (χ3v) is 5.51. The van der Waals surface area contributed by atoms with Gasteiger partial charge in [-0.3, -0.25) is 4.79 Å². The summed E-state index contributed by atoms with van der Waals surface area (Å²) in [5.41, 5.74) is 2.83. The van der Waals surface area contributed by atoms with Crippen LogP contribution in [0.25, 0.3) is 11.4 Å². The summed E-state index contributed by atoms with van der Waals surface area (Å²) < 4.78 is 8.03. The number of benzene rings is 1. The molecule has 0 atom stereocenters. The molecule has 1 aromatic heterocycles. The molecule has 5 heteroatoms. The second kappa shape index (κ2) is 6.72. The van der Waals surface area contributed by atoms with Gasteiger partial charge in [-0.15, -0.1) is 0 Å². The summed E-state index contributed by atoms with van der Waals surface area (Å²) in [6.07, 6.45) is 8.68. The molecule has 1 aromatic carbocycles. The SMILES string of the molecule is CC1=CC2(CCN(C(=O)c3ccccc3-c3nccn3C)CC2)OCC1. The zero-order valence-electron chi connectivity index (χ0n) is 15.4. The Balaban J connectivity index is 1.55. The second-order valence-electron chi connectivity index (χ2n) is 7.35. The van der Waals surface area contributed by atoms with E-state index >= 15 is 0 Å². The van der Waals surface area contributed by atoms with Crippen molar-refractivity contribution in [3.8, 4) is 11.4 Å². The molecule has 1 spiro atoms. The van der Waals surface area contributed by atoms with Crippen molar-refractivity contribution >= 4 is 5.91 Å². The number of nitrogens with zero attached hydrogens (tertiary/aromatic N) is 3. The molecule has 4 rings (SSSR count). The minimum Gasteiger partial charge on any atom is -0.370 e. The molecule has 2 aliphatic rings. The van der Waals surface area contributed by atoms with Gasteiger partial charge in [0, 0.05) is 38.1 Å². The second-order valence-corrected chi connectivity index (χ2v) is 7.35. The van der Waals surface area contributed by atoms with Crippen molar-refractivity contribution in [1.82, 2.24) is 14.5 Å². The average molecular weight is 351 g/mol. The number of rotatable bonds is 2. The van der Waals surface area contributed by atoms with Crippen molar-refractivity contribution in [3.05, 3.63) is 53.9 Å². The molecule has 0 bridgehead atoms. The lowest BCUT2D eigenvalue weighted by Gasteiger charge is -2.42. The van der Waals surface area contributed by atoms with Gasteiger partial charge in [-0.1, -0.05) is 29.8 Å². The van der Waals surface area contributed by atoms with E-state index in [2.05, 4.69) is 18.0 Å². The molecule has 2 aliphatic heterocycles. The van der Waals surface area contributed by atoms with E-state index in [1.807, 2.05) is 47.0 Å². The van der Waals surface area contributed by atoms with E-state index < -0.39 is 0 Å². The normalized spacial score (nSPS) is 19.5. The standard InChI is InChI=1S/C21H25N3O2/c1-16-7-14-26-21(15-16)8-11-24(12-9-21)20(25)18-6-4-3-5-17(18)19-22-10-13-23(19)2/h3-6,10,13,15H,7-9,11-12,14H2,1-2H3. The predicted molar refractivity (Wildman–Crippen MR) is 101 cm³/mol. The Morgan fingerprint density at radius 3 is 2.69 bits per heavy atom. The number of carbonyl (C=O) groups excluding carboxylic acids is 1. The van der Waals surface area contributed by atoms with E-state index in [9.17, 15) is 4.79 Å². The van der Waals surface area contributed by atoms with Crippen LogP contribution in [0.5, 0.6) is 0 Å². The minimum absolute atomic E-state index is 0.0787. The summed E-state index contributed by atoms with van der Waals surface area (Å²) in [6.45, 7) is 4.40. The molecular formula is C21H25N3O2. The van der Waals surface area contributed by atoms with Crippen LogP contribution in [0.4, 0.5) is 0 Å². The number of amides is 1. The van der Waals surface area contributed by atoms with Crippen LogP contribution >= 0.6 is 0 Å². The summed E-state index contributed by atoms with van der Waals surface area (Å²) in [7, 11) is 1.95. The van der Waals surface area contributed by atoms with Crippen molar-refractivity contribution < 1.29 is 9.53 Å². The van der Waals surface area contributed by atoms with Crippen LogP contribution in [0.15, 0.2) is 48.3 Å². The van der Waals surface area contributed by atoms with Crippen molar-refractivity contribution in [2.24, 2.45) is 7.05 Å². The van der Waals surface area contributed by atoms with E-state index in [4.69, 9.17) is 4.74 Å². The first-order chi connectivity index (χ1) is 12.6. The summed E-state index contributed by atoms with van der Waals surface area (Å²) in [4.78, 5) is 19.6. The van der Waals surface area contributed by atoms with Gasteiger partial charge in [0.25, 0.3) is 5.91 Å². The zero-order chi connectivity index (χ0) is 18.1. The Morgan fingerprint density at radius 1 is 1.23 bits per heavy atom. The van der Waals surface area contributed by atoms with Gasteiger partial charge in [0.15, 0.2) is 0 Å². The van der Waals surface area contributed by atoms with Gasteiger partial charge in [0.2, 0.25) is 0 Å². The van der Waals surface area contributed by atoms with Gasteiger partial charge in [0.05, 0.1) is 17.8 Å². The molecular weight excluding hydrogens is 326 g/mol. The topological polar surface area (TPSA) is 47.4 Å². The number of carbonyl (C=O) groups is 1. The number of aryl methyl sites for hydroxylation is 1. The highest BCUT2D eigenvalue weighted by Crippen LogP contribution is 2.34. The predicted octanol–water partition coefficient (Wildman–Crippen LogP) is 3.43. The van der Waals surface area contributed by atoms with Crippen LogP contribution in [0.2, 0.25) is 0 Å². The van der Waals surface area contributed by atoms with E-state index in [-0.39, 0.29) is 11.5 Å². The van der Waals surface area contributed by atoms with Gasteiger partial charge < -0.3 is 14.2 Å². The molecule has 0 saturated carbocycles. The van der Waals surface area contributed by atoms with Crippen LogP contribution in [0, 0.1) is 0 Å². The first kappa shape index (κ1) is 17.0. The lowest BCUT2D eigenvalue weighted by Crippen LogP contribution is -2.48. The monoisotopic (exact) mass is 351 g/mol. The number of imidazole rings is 1. The molecule has 1 amide bonds. The maximum Gasteiger partial charge on any atom is 0.254 e. The number of ether oxygens (including phenoxy) is 1. The highest BCUT2D eigenvalue weighted by atomic mass is 16.5. The fourth-order valence-electron chi connectivity index (χ4n) is 4.02. The molecule has 0 unspecified atom stereocenters. The highest BCUT2D eigenvalue weighted by Gasteiger charge is 2.37. The number of hydrogen-bond donors (Lipinski definition) is 0. The van der Waals surface area contributed by atoms with Crippen molar-refractivity contribution in [3.63, 3.8) is 0 Å². The maximum absolute atomic E-state index is 13.2. The zero-order valence-corrected chi connectivity index (χ0v) is 15.4. The average Bonchev–Trinajstić information content (AvgIpc) is 3.07. The van der Waals surface area contributed by atoms with Crippen molar-refractivity contribution in [2.75, 3.05) is 19.7 Å². The first-order valence-electron chi connectivity index (χ1n) is 9.26. The Hall–Kier alpha value is -2.40. The molecule has 136 valence electrons. The summed E-state index contributed by atoms with van der Waals surface area (Å²) in [5, 5.41) is 0. The molecule has 0 radical (unpaired) electrons. The van der Waals surface area contributed by atoms with Crippen LogP contribution in [-0.4, -0.2) is 45.7 Å². The Morgan fingerprint density at radius 2 is 2.00 bits per heavy atom. The Labute approximate surface area is 154 Å². The summed E-state index contributed by atoms with van der Waals surface area (Å²) in [5.74, 6) is 0.895. The molecule has 3 heterocycles. The third kappa shape index (κ3) is 3.07. The lowest BCUT2D eigenvalue weighted by molar-refractivity contribution is -0.0522. The molecule has 26 heavy (non-hydrogen) atoms. The fourth-order valence-corrected chi connectivity index (χ4v) is 4.02. The van der Waals surface area contributed by atoms with E-state index in [0.29, 0.717) is 5.56 Å². The summed E-state index contributed by atoms with van der Waals surface area (Å²) in [6, 6.07) is 7.74. The fraction of sp³-hybridized carbons (Fsp3) is 0.429. The number of likely N-dealkylation sites (tertiary alicyclic amines) is 1. The van der Waals surface area contributed by atoms with Gasteiger partial charge in [-0.2, -0.15) is 0 Å². The Kier molecular flexibility index (Phi) is 4.41. The highest BCUT2D eigenvalue weighted by molar-refractivity contribution is 6.00. The Bertz CT molecular complexity index is 844. The summed E-state index contributed by atoms with van der Waals surface area (Å²) >= 11 is 0. The number of aromatic nitrogens is 2. The lowest BCUT2D eigenvalue weighted by atomic mass is 9.86. The number of piperidine rings is 1. The number of hydrogen-bond acceptors (Lipinski definition) is 3. The van der Waals surface area contributed by atoms with Crippen LogP contribution in [0.1, 0.15) is 36.5 Å². The molecule has 1 saturated heterocycles. The van der Waals surface area contributed by atoms with Crippen LogP contribution in [0.3, 0.4) is 0 Å². The van der Waals surface area contributed by atoms with E-state index in [1.54, 1.807) is 6.20 Å². The van der Waals surface area contributed by atoms with Gasteiger partial charge in [-0.25, -0.2) is 4.98 Å². The largest absolute Gasteiger partial charge is 0.370 e. The van der Waals surface area contributed by atoms with E-state index in [0.717, 1.165) is 50.3 Å². The smallest absolute Gasteiger partial charge is 0.254 e. The minimum atomic E-state index is -0.168. The molecule has 2 aromatic rings. The first-order valence-corrected chi connectivity index (χ1v) is 9.26. The van der Waals surface area contributed by atoms with Crippen molar-refractivity contribution in [1.29, 1.82) is 0 Å². The van der Waals surface area contributed by atoms with E-state index in [1.165, 1.54) is 5.57 Å². The van der Waals surface area contributed by atoms with Gasteiger partial charge in [-0.05, 0) is 32.3 Å². The van der Waals surface area contributed by atoms with Crippen molar-refractivity contribution in [2.45, 2.75) is 31.8 Å². The maximum atomic E-state index is 13.2.